The Labute approximate surface area is 88.3 Å². The maximum absolute atomic E-state index is 12.6. The molecule has 0 amide bonds. The molecule has 0 bridgehead atoms. The van der Waals surface area contributed by atoms with Gasteiger partial charge in [0, 0.05) is 0 Å². The van der Waals surface area contributed by atoms with Crippen LogP contribution < -0.4 is 0 Å². The van der Waals surface area contributed by atoms with Crippen molar-refractivity contribution in [3.63, 3.8) is 0 Å². The molecule has 7 heteroatoms. The van der Waals surface area contributed by atoms with Gasteiger partial charge in [0.2, 0.25) is 5.60 Å². The second kappa shape index (κ2) is 3.82. The number of carbonyl (C=O) groups is 1. The molecule has 1 rings (SSSR count). The maximum atomic E-state index is 12.6. The van der Waals surface area contributed by atoms with Crippen LogP contribution in [0.3, 0.4) is 0 Å². The van der Waals surface area contributed by atoms with E-state index in [1.165, 1.54) is 13.0 Å². The van der Waals surface area contributed by atoms with Crippen LogP contribution in [0.4, 0.5) is 13.2 Å². The molecular formula is C9H9F3O4. The molecule has 16 heavy (non-hydrogen) atoms. The molecule has 0 spiro atoms. The van der Waals surface area contributed by atoms with Crippen molar-refractivity contribution in [1.82, 2.24) is 0 Å². The second-order valence-electron chi connectivity index (χ2n) is 3.34. The first-order valence-corrected chi connectivity index (χ1v) is 4.24. The molecule has 0 unspecified atom stereocenters. The molecule has 0 fully saturated rings. The van der Waals surface area contributed by atoms with Gasteiger partial charge in [0.25, 0.3) is 0 Å². The van der Waals surface area contributed by atoms with Crippen molar-refractivity contribution in [2.75, 3.05) is 0 Å². The van der Waals surface area contributed by atoms with E-state index < -0.39 is 29.9 Å². The molecule has 1 heterocycles. The van der Waals surface area contributed by atoms with Crippen molar-refractivity contribution in [3.8, 4) is 0 Å². The molecule has 0 saturated heterocycles. The van der Waals surface area contributed by atoms with E-state index in [0.29, 0.717) is 0 Å². The van der Waals surface area contributed by atoms with Crippen LogP contribution in [0, 0.1) is 6.92 Å². The number of hydrogen-bond acceptors (Lipinski definition) is 3. The standard InChI is InChI=1S/C9H9F3O4/c1-5-2-3-6(16-5)8(15,4-7(13)14)9(10,11)12/h2-3,15H,4H2,1H3,(H,13,14)/t8-/m0/s1. The minimum Gasteiger partial charge on any atom is -0.481 e. The third kappa shape index (κ3) is 2.19. The molecule has 90 valence electrons. The molecular weight excluding hydrogens is 229 g/mol. The number of aliphatic hydroxyl groups is 1. The molecule has 1 aromatic rings. The number of rotatable bonds is 3. The fourth-order valence-corrected chi connectivity index (χ4v) is 1.20. The van der Waals surface area contributed by atoms with E-state index in [0.717, 1.165) is 6.07 Å². The van der Waals surface area contributed by atoms with E-state index in [2.05, 4.69) is 4.42 Å². The Bertz CT molecular complexity index is 396. The zero-order chi connectivity index (χ0) is 12.6. The highest BCUT2D eigenvalue weighted by atomic mass is 19.4. The molecule has 0 radical (unpaired) electrons. The average Bonchev–Trinajstić information content (AvgIpc) is 2.48. The third-order valence-electron chi connectivity index (χ3n) is 2.02. The first-order valence-electron chi connectivity index (χ1n) is 4.24. The minimum absolute atomic E-state index is 0.156. The molecule has 4 nitrogen and oxygen atoms in total. The van der Waals surface area contributed by atoms with Crippen LogP contribution >= 0.6 is 0 Å². The van der Waals surface area contributed by atoms with Gasteiger partial charge in [0.05, 0.1) is 6.42 Å². The van der Waals surface area contributed by atoms with Gasteiger partial charge >= 0.3 is 12.1 Å². The third-order valence-corrected chi connectivity index (χ3v) is 2.02. The lowest BCUT2D eigenvalue weighted by atomic mass is 9.96. The molecule has 0 aliphatic carbocycles. The second-order valence-corrected chi connectivity index (χ2v) is 3.34. The fourth-order valence-electron chi connectivity index (χ4n) is 1.20. The quantitative estimate of drug-likeness (QED) is 0.842. The number of halogens is 3. The number of alkyl halides is 3. The zero-order valence-corrected chi connectivity index (χ0v) is 8.21. The number of carboxylic acids is 1. The van der Waals surface area contributed by atoms with Gasteiger partial charge in [-0.1, -0.05) is 0 Å². The normalized spacial score (nSPS) is 15.8. The monoisotopic (exact) mass is 238 g/mol. The summed E-state index contributed by atoms with van der Waals surface area (Å²) in [5, 5.41) is 17.8. The van der Waals surface area contributed by atoms with Gasteiger partial charge in [-0.05, 0) is 19.1 Å². The summed E-state index contributed by atoms with van der Waals surface area (Å²) in [6, 6.07) is 2.12. The van der Waals surface area contributed by atoms with Crippen LogP contribution in [0.25, 0.3) is 0 Å². The SMILES string of the molecule is Cc1ccc([C@@](O)(CC(=O)O)C(F)(F)F)o1. The van der Waals surface area contributed by atoms with E-state index in [1.54, 1.807) is 0 Å². The van der Waals surface area contributed by atoms with Crippen LogP contribution in [0.1, 0.15) is 17.9 Å². The van der Waals surface area contributed by atoms with Crippen molar-refractivity contribution >= 4 is 5.97 Å². The highest BCUT2D eigenvalue weighted by molar-refractivity contribution is 5.68. The fraction of sp³-hybridized carbons (Fsp3) is 0.444. The largest absolute Gasteiger partial charge is 0.481 e. The molecule has 0 saturated carbocycles. The van der Waals surface area contributed by atoms with Crippen LogP contribution in [0.15, 0.2) is 16.5 Å². The number of aliphatic carboxylic acids is 1. The van der Waals surface area contributed by atoms with Gasteiger partial charge in [-0.25, -0.2) is 0 Å². The summed E-state index contributed by atoms with van der Waals surface area (Å²) >= 11 is 0. The van der Waals surface area contributed by atoms with E-state index in [1.807, 2.05) is 0 Å². The number of aryl methyl sites for hydroxylation is 1. The molecule has 0 aliphatic heterocycles. The Balaban J connectivity index is 3.19. The Morgan fingerprint density at radius 1 is 1.44 bits per heavy atom. The maximum Gasteiger partial charge on any atom is 0.425 e. The lowest BCUT2D eigenvalue weighted by Gasteiger charge is -2.26. The van der Waals surface area contributed by atoms with Gasteiger partial charge < -0.3 is 14.6 Å². The van der Waals surface area contributed by atoms with Crippen molar-refractivity contribution in [1.29, 1.82) is 0 Å². The summed E-state index contributed by atoms with van der Waals surface area (Å²) in [6.45, 7) is 1.39. The van der Waals surface area contributed by atoms with E-state index in [-0.39, 0.29) is 5.76 Å². The summed E-state index contributed by atoms with van der Waals surface area (Å²) in [5.41, 5.74) is -3.49. The smallest absolute Gasteiger partial charge is 0.425 e. The van der Waals surface area contributed by atoms with Crippen LogP contribution in [0.5, 0.6) is 0 Å². The Morgan fingerprint density at radius 3 is 2.31 bits per heavy atom. The predicted molar refractivity (Wildman–Crippen MR) is 45.6 cm³/mol. The molecule has 2 N–H and O–H groups in total. The van der Waals surface area contributed by atoms with Gasteiger partial charge in [-0.3, -0.25) is 4.79 Å². The van der Waals surface area contributed by atoms with Gasteiger partial charge in [-0.15, -0.1) is 0 Å². The number of furan rings is 1. The highest BCUT2D eigenvalue weighted by Crippen LogP contribution is 2.42. The van der Waals surface area contributed by atoms with Crippen molar-refractivity contribution < 1.29 is 32.6 Å². The predicted octanol–water partition coefficient (Wildman–Crippen LogP) is 1.81. The highest BCUT2D eigenvalue weighted by Gasteiger charge is 2.58. The van der Waals surface area contributed by atoms with Crippen molar-refractivity contribution in [2.24, 2.45) is 0 Å². The van der Waals surface area contributed by atoms with E-state index in [4.69, 9.17) is 5.11 Å². The first-order chi connectivity index (χ1) is 7.17. The lowest BCUT2D eigenvalue weighted by Crippen LogP contribution is -2.43. The van der Waals surface area contributed by atoms with Crippen LogP contribution in [0.2, 0.25) is 0 Å². The molecule has 1 atom stereocenters. The van der Waals surface area contributed by atoms with Crippen LogP contribution in [-0.4, -0.2) is 22.4 Å². The lowest BCUT2D eigenvalue weighted by molar-refractivity contribution is -0.275. The summed E-state index contributed by atoms with van der Waals surface area (Å²) in [6.07, 6.45) is -6.61. The van der Waals surface area contributed by atoms with Crippen molar-refractivity contribution in [3.05, 3.63) is 23.7 Å². The van der Waals surface area contributed by atoms with Crippen molar-refractivity contribution in [2.45, 2.75) is 25.1 Å². The van der Waals surface area contributed by atoms with Gasteiger partial charge in [-0.2, -0.15) is 13.2 Å². The number of hydrogen-bond donors (Lipinski definition) is 2. The first kappa shape index (κ1) is 12.6. The Morgan fingerprint density at radius 2 is 2.00 bits per heavy atom. The summed E-state index contributed by atoms with van der Waals surface area (Å²) < 4.78 is 42.4. The molecule has 1 aromatic heterocycles. The Kier molecular flexibility index (Phi) is 3.00. The Hall–Kier alpha value is -1.50. The summed E-state index contributed by atoms with van der Waals surface area (Å²) in [4.78, 5) is 10.3. The van der Waals surface area contributed by atoms with Gasteiger partial charge in [0.15, 0.2) is 0 Å². The van der Waals surface area contributed by atoms with Crippen LogP contribution in [-0.2, 0) is 10.4 Å². The topological polar surface area (TPSA) is 70.7 Å². The number of carboxylic acid groups (broad SMARTS) is 1. The molecule has 0 aliphatic rings. The summed E-state index contributed by atoms with van der Waals surface area (Å²) in [7, 11) is 0. The molecule has 0 aromatic carbocycles. The van der Waals surface area contributed by atoms with E-state index in [9.17, 15) is 23.1 Å². The summed E-state index contributed by atoms with van der Waals surface area (Å²) in [5.74, 6) is -2.43. The average molecular weight is 238 g/mol. The zero-order valence-electron chi connectivity index (χ0n) is 8.21. The van der Waals surface area contributed by atoms with E-state index >= 15 is 0 Å². The minimum atomic E-state index is -5.12. The van der Waals surface area contributed by atoms with Gasteiger partial charge in [0.1, 0.15) is 11.5 Å².